The van der Waals surface area contributed by atoms with Crippen LogP contribution in [0.15, 0.2) is 18.3 Å². The predicted molar refractivity (Wildman–Crippen MR) is 29.7 cm³/mol. The van der Waals surface area contributed by atoms with E-state index in [1.807, 2.05) is 0 Å². The Bertz CT molecular complexity index is 190. The highest BCUT2D eigenvalue weighted by Crippen LogP contribution is 2.06. The Morgan fingerprint density at radius 1 is 1.60 bits per heavy atom. The van der Waals surface area contributed by atoms with Crippen LogP contribution in [0, 0.1) is 6.07 Å². The maximum absolute atomic E-state index is 11.4. The van der Waals surface area contributed by atoms with E-state index in [9.17, 15) is 8.78 Å². The molecule has 0 N–H and O–H groups in total. The van der Waals surface area contributed by atoms with E-state index in [1.165, 1.54) is 12.3 Å². The van der Waals surface area contributed by atoms with Crippen molar-refractivity contribution in [1.82, 2.24) is 4.98 Å². The number of rotatable bonds is 2. The van der Waals surface area contributed by atoms with Gasteiger partial charge in [0.1, 0.15) is 0 Å². The molecule has 2 nitrogen and oxygen atoms in total. The van der Waals surface area contributed by atoms with E-state index in [-0.39, 0.29) is 5.88 Å². The molecule has 10 heavy (non-hydrogen) atoms. The highest BCUT2D eigenvalue weighted by molar-refractivity contribution is 5.06. The molecule has 1 rings (SSSR count). The molecule has 1 aromatic heterocycles. The van der Waals surface area contributed by atoms with Crippen LogP contribution in [-0.4, -0.2) is 11.6 Å². The summed E-state index contributed by atoms with van der Waals surface area (Å²) in [4.78, 5) is 3.46. The van der Waals surface area contributed by atoms with E-state index < -0.39 is 6.61 Å². The number of ether oxygens (including phenoxy) is 1. The molecule has 0 fully saturated rings. The fraction of sp³-hybridized carbons (Fsp3) is 0.167. The second kappa shape index (κ2) is 3.10. The summed E-state index contributed by atoms with van der Waals surface area (Å²) in [6, 6.07) is 5.40. The van der Waals surface area contributed by atoms with Gasteiger partial charge in [-0.2, -0.15) is 8.78 Å². The molecule has 0 aliphatic heterocycles. The average Bonchev–Trinajstić information content (AvgIpc) is 1.88. The van der Waals surface area contributed by atoms with Gasteiger partial charge in [-0.25, -0.2) is 4.98 Å². The fourth-order valence-electron chi connectivity index (χ4n) is 0.459. The molecule has 0 aliphatic carbocycles. The third-order valence-corrected chi connectivity index (χ3v) is 0.782. The van der Waals surface area contributed by atoms with Crippen LogP contribution >= 0.6 is 0 Å². The zero-order chi connectivity index (χ0) is 7.40. The minimum atomic E-state index is -2.83. The van der Waals surface area contributed by atoms with Crippen LogP contribution in [0.5, 0.6) is 5.88 Å². The second-order valence-electron chi connectivity index (χ2n) is 1.47. The molecule has 0 aliphatic rings. The highest BCUT2D eigenvalue weighted by atomic mass is 19.3. The summed E-state index contributed by atoms with van der Waals surface area (Å²) in [5.41, 5.74) is 0. The van der Waals surface area contributed by atoms with Crippen molar-refractivity contribution in [3.63, 3.8) is 0 Å². The average molecular weight is 144 g/mol. The topological polar surface area (TPSA) is 22.1 Å². The standard InChI is InChI=1S/C6H4F2NO/c7-6(8)10-5-3-1-2-4-9-5/h1-2,4,6H. The van der Waals surface area contributed by atoms with Crippen molar-refractivity contribution in [3.05, 3.63) is 24.4 Å². The Labute approximate surface area is 56.5 Å². The summed E-state index contributed by atoms with van der Waals surface area (Å²) >= 11 is 0. The van der Waals surface area contributed by atoms with Crippen LogP contribution in [0.3, 0.4) is 0 Å². The maximum Gasteiger partial charge on any atom is 0.388 e. The Kier molecular flexibility index (Phi) is 2.15. The molecule has 0 spiro atoms. The van der Waals surface area contributed by atoms with E-state index in [1.54, 1.807) is 6.07 Å². The highest BCUT2D eigenvalue weighted by Gasteiger charge is 2.02. The fourth-order valence-corrected chi connectivity index (χ4v) is 0.459. The number of aromatic nitrogens is 1. The molecule has 1 radical (unpaired) electrons. The molecule has 0 unspecified atom stereocenters. The monoisotopic (exact) mass is 144 g/mol. The molecular formula is C6H4F2NO. The zero-order valence-corrected chi connectivity index (χ0v) is 4.92. The van der Waals surface area contributed by atoms with Gasteiger partial charge < -0.3 is 4.74 Å². The number of nitrogens with zero attached hydrogens (tertiary/aromatic N) is 1. The first-order valence-corrected chi connectivity index (χ1v) is 2.56. The summed E-state index contributed by atoms with van der Waals surface area (Å²) in [5.74, 6) is -0.183. The first-order valence-electron chi connectivity index (χ1n) is 2.56. The van der Waals surface area contributed by atoms with Crippen LogP contribution in [0.25, 0.3) is 0 Å². The predicted octanol–water partition coefficient (Wildman–Crippen LogP) is 1.48. The van der Waals surface area contributed by atoms with Crippen LogP contribution in [0.1, 0.15) is 0 Å². The van der Waals surface area contributed by atoms with Gasteiger partial charge in [0.2, 0.25) is 5.88 Å². The minimum absolute atomic E-state index is 0.183. The Morgan fingerprint density at radius 3 is 2.90 bits per heavy atom. The van der Waals surface area contributed by atoms with E-state index in [4.69, 9.17) is 0 Å². The van der Waals surface area contributed by atoms with Crippen molar-refractivity contribution < 1.29 is 13.5 Å². The minimum Gasteiger partial charge on any atom is -0.416 e. The number of alkyl halides is 2. The van der Waals surface area contributed by atoms with Gasteiger partial charge in [-0.3, -0.25) is 0 Å². The van der Waals surface area contributed by atoms with Crippen LogP contribution < -0.4 is 4.74 Å². The van der Waals surface area contributed by atoms with Gasteiger partial charge in [0.25, 0.3) is 0 Å². The lowest BCUT2D eigenvalue weighted by molar-refractivity contribution is -0.0530. The largest absolute Gasteiger partial charge is 0.416 e. The Morgan fingerprint density at radius 2 is 2.40 bits per heavy atom. The van der Waals surface area contributed by atoms with Crippen molar-refractivity contribution in [3.8, 4) is 5.88 Å². The normalized spacial score (nSPS) is 9.90. The van der Waals surface area contributed by atoms with Gasteiger partial charge in [-0.1, -0.05) is 0 Å². The van der Waals surface area contributed by atoms with Crippen molar-refractivity contribution in [1.29, 1.82) is 0 Å². The Hall–Kier alpha value is -1.19. The van der Waals surface area contributed by atoms with Crippen LogP contribution in [-0.2, 0) is 0 Å². The number of halogens is 2. The molecule has 0 bridgehead atoms. The van der Waals surface area contributed by atoms with E-state index in [0.717, 1.165) is 0 Å². The maximum atomic E-state index is 11.4. The van der Waals surface area contributed by atoms with Crippen molar-refractivity contribution in [2.24, 2.45) is 0 Å². The zero-order valence-electron chi connectivity index (χ0n) is 4.92. The van der Waals surface area contributed by atoms with Crippen LogP contribution in [0.4, 0.5) is 8.78 Å². The van der Waals surface area contributed by atoms with Crippen LogP contribution in [0.2, 0.25) is 0 Å². The molecule has 1 aromatic rings. The Balaban J connectivity index is 2.59. The van der Waals surface area contributed by atoms with Gasteiger partial charge in [-0.15, -0.1) is 0 Å². The third-order valence-electron chi connectivity index (χ3n) is 0.782. The van der Waals surface area contributed by atoms with Gasteiger partial charge in [0.15, 0.2) is 0 Å². The molecule has 0 atom stereocenters. The summed E-state index contributed by atoms with van der Waals surface area (Å²) in [6.45, 7) is -2.83. The lowest BCUT2D eigenvalue weighted by Gasteiger charge is -1.99. The third kappa shape index (κ3) is 1.97. The molecular weight excluding hydrogens is 140 g/mol. The van der Waals surface area contributed by atoms with Gasteiger partial charge in [0, 0.05) is 12.3 Å². The SMILES string of the molecule is FC(F)Oc1[c]cccn1. The second-order valence-corrected chi connectivity index (χ2v) is 1.47. The van der Waals surface area contributed by atoms with E-state index >= 15 is 0 Å². The van der Waals surface area contributed by atoms with Gasteiger partial charge in [-0.05, 0) is 12.1 Å². The first kappa shape index (κ1) is 6.92. The molecule has 0 amide bonds. The molecule has 0 saturated heterocycles. The summed E-state index contributed by atoms with van der Waals surface area (Å²) in [7, 11) is 0. The van der Waals surface area contributed by atoms with Gasteiger partial charge in [0.05, 0.1) is 0 Å². The summed E-state index contributed by atoms with van der Waals surface area (Å²) in [5, 5.41) is 0. The molecule has 0 saturated carbocycles. The van der Waals surface area contributed by atoms with Crippen molar-refractivity contribution >= 4 is 0 Å². The summed E-state index contributed by atoms with van der Waals surface area (Å²) in [6.07, 6.45) is 1.36. The molecule has 4 heteroatoms. The lowest BCUT2D eigenvalue weighted by Crippen LogP contribution is -2.02. The quantitative estimate of drug-likeness (QED) is 0.627. The lowest BCUT2D eigenvalue weighted by atomic mass is 10.5. The number of hydrogen-bond donors (Lipinski definition) is 0. The van der Waals surface area contributed by atoms with E-state index in [2.05, 4.69) is 15.8 Å². The van der Waals surface area contributed by atoms with Crippen molar-refractivity contribution in [2.45, 2.75) is 6.61 Å². The first-order chi connectivity index (χ1) is 4.79. The molecule has 53 valence electrons. The molecule has 1 heterocycles. The smallest absolute Gasteiger partial charge is 0.388 e. The van der Waals surface area contributed by atoms with Crippen molar-refractivity contribution in [2.75, 3.05) is 0 Å². The van der Waals surface area contributed by atoms with E-state index in [0.29, 0.717) is 0 Å². The number of hydrogen-bond acceptors (Lipinski definition) is 2. The summed E-state index contributed by atoms with van der Waals surface area (Å²) < 4.78 is 26.8. The molecule has 0 aromatic carbocycles. The van der Waals surface area contributed by atoms with Gasteiger partial charge >= 0.3 is 6.61 Å². The number of pyridine rings is 1.